The summed E-state index contributed by atoms with van der Waals surface area (Å²) in [5.74, 6) is 0. The van der Waals surface area contributed by atoms with Crippen LogP contribution in [0.1, 0.15) is 5.69 Å². The van der Waals surface area contributed by atoms with Gasteiger partial charge in [0.25, 0.3) is 12.0 Å². The Bertz CT molecular complexity index is 992. The first kappa shape index (κ1) is 10.1. The first-order valence-corrected chi connectivity index (χ1v) is 6.62. The van der Waals surface area contributed by atoms with Crippen LogP contribution >= 0.6 is 0 Å². The predicted octanol–water partition coefficient (Wildman–Crippen LogP) is 1.54. The molecule has 1 aliphatic heterocycles. The van der Waals surface area contributed by atoms with Crippen LogP contribution in [0.4, 0.5) is 0 Å². The zero-order chi connectivity index (χ0) is 13.3. The standard InChI is InChI=1S/C15H12N5/c1-18-12-4-6-16-7-13(12)20-9-19-8-11-10(3-2-5-17-11)14(19)15(18)20/h2-7,9H,8H2,1H3/q+1. The quantitative estimate of drug-likeness (QED) is 0.397. The third-order valence-electron chi connectivity index (χ3n) is 4.16. The molecule has 0 saturated heterocycles. The van der Waals surface area contributed by atoms with E-state index in [1.807, 2.05) is 24.7 Å². The Morgan fingerprint density at radius 3 is 3.10 bits per heavy atom. The van der Waals surface area contributed by atoms with Gasteiger partial charge in [0.1, 0.15) is 6.54 Å². The molecule has 0 aromatic carbocycles. The summed E-state index contributed by atoms with van der Waals surface area (Å²) in [6, 6.07) is 6.21. The van der Waals surface area contributed by atoms with Crippen molar-refractivity contribution in [3.8, 4) is 11.3 Å². The number of nitrogens with zero attached hydrogens (tertiary/aromatic N) is 5. The second-order valence-electron chi connectivity index (χ2n) is 5.21. The maximum absolute atomic E-state index is 4.48. The highest BCUT2D eigenvalue weighted by molar-refractivity contribution is 5.86. The van der Waals surface area contributed by atoms with E-state index >= 15 is 0 Å². The van der Waals surface area contributed by atoms with Gasteiger partial charge in [-0.2, -0.15) is 4.40 Å². The van der Waals surface area contributed by atoms with Crippen LogP contribution in [0.3, 0.4) is 0 Å². The van der Waals surface area contributed by atoms with E-state index in [1.54, 1.807) is 0 Å². The van der Waals surface area contributed by atoms with Gasteiger partial charge in [-0.05, 0) is 18.2 Å². The first-order chi connectivity index (χ1) is 9.84. The molecule has 20 heavy (non-hydrogen) atoms. The lowest BCUT2D eigenvalue weighted by Crippen LogP contribution is -2.29. The van der Waals surface area contributed by atoms with Crippen molar-refractivity contribution in [3.05, 3.63) is 48.8 Å². The van der Waals surface area contributed by atoms with Gasteiger partial charge in [-0.25, -0.2) is 4.57 Å². The van der Waals surface area contributed by atoms with Gasteiger partial charge in [0.15, 0.2) is 5.52 Å². The minimum absolute atomic E-state index is 0.842. The highest BCUT2D eigenvalue weighted by Gasteiger charge is 2.32. The first-order valence-electron chi connectivity index (χ1n) is 6.62. The van der Waals surface area contributed by atoms with E-state index in [1.165, 1.54) is 22.4 Å². The van der Waals surface area contributed by atoms with Crippen LogP contribution in [0.2, 0.25) is 0 Å². The average Bonchev–Trinajstić information content (AvgIpc) is 3.08. The molecular formula is C15H12N5+. The van der Waals surface area contributed by atoms with Crippen LogP contribution in [0.5, 0.6) is 0 Å². The molecule has 0 spiro atoms. The number of fused-ring (bicyclic) bond motifs is 7. The molecule has 96 valence electrons. The molecule has 0 amide bonds. The highest BCUT2D eigenvalue weighted by atomic mass is 15.2. The van der Waals surface area contributed by atoms with E-state index in [0.717, 1.165) is 17.8 Å². The summed E-state index contributed by atoms with van der Waals surface area (Å²) in [6.07, 6.45) is 7.77. The molecule has 5 heteroatoms. The van der Waals surface area contributed by atoms with Crippen LogP contribution in [0, 0.1) is 0 Å². The Hall–Kier alpha value is -2.69. The Kier molecular flexibility index (Phi) is 1.65. The number of pyridine rings is 2. The zero-order valence-electron chi connectivity index (χ0n) is 11.0. The van der Waals surface area contributed by atoms with Crippen LogP contribution < -0.4 is 4.57 Å². The average molecular weight is 262 g/mol. The van der Waals surface area contributed by atoms with Crippen LogP contribution in [0.25, 0.3) is 27.9 Å². The van der Waals surface area contributed by atoms with Gasteiger partial charge in [0.05, 0.1) is 23.0 Å². The van der Waals surface area contributed by atoms with Crippen molar-refractivity contribution in [2.24, 2.45) is 7.05 Å². The minimum atomic E-state index is 0.842. The zero-order valence-corrected chi connectivity index (χ0v) is 11.0. The van der Waals surface area contributed by atoms with Crippen LogP contribution in [0.15, 0.2) is 43.1 Å². The molecule has 0 N–H and O–H groups in total. The molecule has 0 aliphatic carbocycles. The maximum atomic E-state index is 4.48. The Morgan fingerprint density at radius 2 is 2.15 bits per heavy atom. The number of aromatic nitrogens is 5. The van der Waals surface area contributed by atoms with Gasteiger partial charge in [-0.3, -0.25) is 9.97 Å². The third-order valence-corrected chi connectivity index (χ3v) is 4.16. The molecule has 0 radical (unpaired) electrons. The van der Waals surface area contributed by atoms with Gasteiger partial charge in [-0.15, -0.1) is 0 Å². The monoisotopic (exact) mass is 262 g/mol. The van der Waals surface area contributed by atoms with Crippen molar-refractivity contribution in [2.45, 2.75) is 6.54 Å². The molecule has 0 fully saturated rings. The fourth-order valence-corrected chi connectivity index (χ4v) is 3.29. The maximum Gasteiger partial charge on any atom is 0.255 e. The molecule has 5 heterocycles. The topological polar surface area (TPSA) is 39.0 Å². The molecule has 1 aliphatic rings. The van der Waals surface area contributed by atoms with E-state index in [0.29, 0.717) is 0 Å². The second kappa shape index (κ2) is 3.25. The normalized spacial score (nSPS) is 13.1. The van der Waals surface area contributed by atoms with Gasteiger partial charge < -0.3 is 4.57 Å². The largest absolute Gasteiger partial charge is 0.304 e. The molecule has 0 unspecified atom stereocenters. The molecule has 4 aromatic rings. The fourth-order valence-electron chi connectivity index (χ4n) is 3.29. The summed E-state index contributed by atoms with van der Waals surface area (Å²) >= 11 is 0. The highest BCUT2D eigenvalue weighted by Crippen LogP contribution is 2.31. The summed E-state index contributed by atoms with van der Waals surface area (Å²) in [5, 5.41) is 0. The lowest BCUT2D eigenvalue weighted by molar-refractivity contribution is -0.671. The molecule has 5 nitrogen and oxygen atoms in total. The molecule has 0 bridgehead atoms. The predicted molar refractivity (Wildman–Crippen MR) is 74.2 cm³/mol. The summed E-state index contributed by atoms with van der Waals surface area (Å²) in [5.41, 5.74) is 7.14. The van der Waals surface area contributed by atoms with Crippen molar-refractivity contribution >= 4 is 16.7 Å². The Morgan fingerprint density at radius 1 is 1.20 bits per heavy atom. The van der Waals surface area contributed by atoms with Crippen molar-refractivity contribution in [1.82, 2.24) is 18.9 Å². The lowest BCUT2D eigenvalue weighted by Gasteiger charge is -1.95. The van der Waals surface area contributed by atoms with Gasteiger partial charge in [0.2, 0.25) is 5.69 Å². The minimum Gasteiger partial charge on any atom is -0.304 e. The molecule has 5 rings (SSSR count). The number of rotatable bonds is 0. The van der Waals surface area contributed by atoms with Crippen molar-refractivity contribution in [1.29, 1.82) is 0 Å². The molecule has 4 aromatic heterocycles. The summed E-state index contributed by atoms with van der Waals surface area (Å²) in [4.78, 5) is 8.73. The summed E-state index contributed by atoms with van der Waals surface area (Å²) in [6.45, 7) is 0.842. The van der Waals surface area contributed by atoms with Crippen molar-refractivity contribution < 1.29 is 4.57 Å². The summed E-state index contributed by atoms with van der Waals surface area (Å²) < 4.78 is 6.71. The molecule has 0 atom stereocenters. The van der Waals surface area contributed by atoms with E-state index in [2.05, 4.69) is 49.0 Å². The molecular weight excluding hydrogens is 250 g/mol. The second-order valence-corrected chi connectivity index (χ2v) is 5.21. The number of hydrogen-bond donors (Lipinski definition) is 0. The van der Waals surface area contributed by atoms with Gasteiger partial charge in [-0.1, -0.05) is 0 Å². The van der Waals surface area contributed by atoms with Crippen molar-refractivity contribution in [2.75, 3.05) is 0 Å². The van der Waals surface area contributed by atoms with Crippen molar-refractivity contribution in [3.63, 3.8) is 0 Å². The van der Waals surface area contributed by atoms with Crippen LogP contribution in [-0.2, 0) is 13.6 Å². The third kappa shape index (κ3) is 1.02. The van der Waals surface area contributed by atoms with Gasteiger partial charge in [0, 0.05) is 19.4 Å². The SMILES string of the molecule is Cn1c2ccncc2n2c[n+]3c(c12)-c1cccnc1C3. The van der Waals surface area contributed by atoms with Gasteiger partial charge >= 0.3 is 0 Å². The summed E-state index contributed by atoms with van der Waals surface area (Å²) in [7, 11) is 2.10. The fraction of sp³-hybridized carbons (Fsp3) is 0.133. The number of imidazole rings is 2. The smallest absolute Gasteiger partial charge is 0.255 e. The molecule has 0 saturated carbocycles. The van der Waals surface area contributed by atoms with Crippen LogP contribution in [-0.4, -0.2) is 18.9 Å². The van der Waals surface area contributed by atoms with E-state index in [9.17, 15) is 0 Å². The Balaban J connectivity index is 2.01. The number of aryl methyl sites for hydroxylation is 1. The number of hydrogen-bond acceptors (Lipinski definition) is 2. The van der Waals surface area contributed by atoms with E-state index in [-0.39, 0.29) is 0 Å². The Labute approximate surface area is 114 Å². The lowest BCUT2D eigenvalue weighted by atomic mass is 10.2. The van der Waals surface area contributed by atoms with E-state index < -0.39 is 0 Å². The van der Waals surface area contributed by atoms with E-state index in [4.69, 9.17) is 0 Å².